The molecule has 2 amide bonds. The van der Waals surface area contributed by atoms with Crippen molar-refractivity contribution in [3.8, 4) is 17.2 Å². The Morgan fingerprint density at radius 3 is 2.59 bits per heavy atom. The van der Waals surface area contributed by atoms with E-state index in [1.165, 1.54) is 37.0 Å². The smallest absolute Gasteiger partial charge is 0.272 e. The van der Waals surface area contributed by atoms with E-state index in [2.05, 4.69) is 0 Å². The van der Waals surface area contributed by atoms with Gasteiger partial charge >= 0.3 is 0 Å². The summed E-state index contributed by atoms with van der Waals surface area (Å²) in [6.07, 6.45) is -3.60. The molecule has 5 aliphatic rings. The average Bonchev–Trinajstić information content (AvgIpc) is 3.00. The van der Waals surface area contributed by atoms with Gasteiger partial charge in [-0.25, -0.2) is 0 Å². The summed E-state index contributed by atoms with van der Waals surface area (Å²) < 4.78 is 10.5. The van der Waals surface area contributed by atoms with Crippen molar-refractivity contribution in [2.24, 2.45) is 0 Å². The lowest BCUT2D eigenvalue weighted by Crippen LogP contribution is -2.78. The Morgan fingerprint density at radius 1 is 1.18 bits per heavy atom. The first-order valence-corrected chi connectivity index (χ1v) is 13.0. The summed E-state index contributed by atoms with van der Waals surface area (Å²) in [7, 11) is 6.54. The molecule has 4 saturated heterocycles. The Balaban J connectivity index is 1.61. The number of fused-ring (bicyclic) bond motifs is 4. The van der Waals surface area contributed by atoms with Gasteiger partial charge in [0.25, 0.3) is 11.8 Å². The molecule has 13 heteroatoms. The summed E-state index contributed by atoms with van der Waals surface area (Å²) in [6, 6.07) is 2.17. The molecule has 0 aromatic heterocycles. The van der Waals surface area contributed by atoms with Crippen LogP contribution in [0.15, 0.2) is 12.1 Å². The molecule has 0 radical (unpaired) electrons. The van der Waals surface area contributed by atoms with Crippen molar-refractivity contribution in [1.82, 2.24) is 9.96 Å². The van der Waals surface area contributed by atoms with Gasteiger partial charge in [-0.1, -0.05) is 27.7 Å². The minimum atomic E-state index is -1.92. The van der Waals surface area contributed by atoms with Crippen molar-refractivity contribution in [2.75, 3.05) is 21.3 Å². The van der Waals surface area contributed by atoms with E-state index in [0.717, 1.165) is 15.9 Å². The van der Waals surface area contributed by atoms with Crippen LogP contribution in [0, 0.1) is 0 Å². The lowest BCUT2D eigenvalue weighted by atomic mass is 9.72. The summed E-state index contributed by atoms with van der Waals surface area (Å²) in [5.41, 5.74) is -1.56. The van der Waals surface area contributed by atoms with E-state index in [1.807, 2.05) is 0 Å². The van der Waals surface area contributed by atoms with Crippen LogP contribution in [0.4, 0.5) is 0 Å². The summed E-state index contributed by atoms with van der Waals surface area (Å²) in [5.74, 6) is -0.828. The molecule has 6 rings (SSSR count). The van der Waals surface area contributed by atoms with Gasteiger partial charge in [0.05, 0.1) is 31.7 Å². The number of aliphatic hydroxyl groups excluding tert-OH is 2. The van der Waals surface area contributed by atoms with Gasteiger partial charge in [0.15, 0.2) is 11.5 Å². The highest BCUT2D eigenvalue weighted by atomic mass is 33.1. The number of piperazine rings is 1. The van der Waals surface area contributed by atoms with Gasteiger partial charge < -0.3 is 34.8 Å². The predicted molar refractivity (Wildman–Crippen MR) is 121 cm³/mol. The lowest BCUT2D eigenvalue weighted by molar-refractivity contribution is -0.343. The third kappa shape index (κ3) is 3.00. The molecular weight excluding hydrogens is 488 g/mol. The molecule has 4 aliphatic heterocycles. The Kier molecular flexibility index (Phi) is 5.65. The maximum absolute atomic E-state index is 13.7. The zero-order valence-corrected chi connectivity index (χ0v) is 20.3. The molecule has 1 spiro atoms. The highest BCUT2D eigenvalue weighted by Crippen LogP contribution is 2.62. The maximum Gasteiger partial charge on any atom is 0.272 e. The molecule has 34 heavy (non-hydrogen) atoms. The molecule has 4 N–H and O–H groups in total. The standard InChI is InChI=1S/C21H26N2O9S2/c1-22-13-16(9-4-6-11(30-2)15(31-3)14(9)26)33-34-21(19(22)28)8-20(29)12(25)7-5-10(24)17(20)32-23(21)18(13)27/h4,6,10,12-13,16-17,24-26,29H,5,7-8H2,1-3H3. The normalized spacial score (nSPS) is 39.4. The second-order valence-corrected chi connectivity index (χ2v) is 11.6. The SMILES string of the molecule is COc1ccc(C2SSC34CC5(O)C(O)CCC(O)C5ON3C(=O)C2N(C)C4=O)c(O)c1OC. The van der Waals surface area contributed by atoms with E-state index < -0.39 is 51.9 Å². The van der Waals surface area contributed by atoms with Gasteiger partial charge in [-0.15, -0.1) is 0 Å². The number of aromatic hydroxyl groups is 1. The summed E-state index contributed by atoms with van der Waals surface area (Å²) >= 11 is 0. The fraction of sp³-hybridized carbons (Fsp3) is 0.619. The van der Waals surface area contributed by atoms with Crippen molar-refractivity contribution >= 4 is 33.4 Å². The first-order valence-electron chi connectivity index (χ1n) is 10.8. The number of carbonyl (C=O) groups is 2. The third-order valence-electron chi connectivity index (χ3n) is 7.18. The molecule has 1 aliphatic carbocycles. The number of amides is 2. The Hall–Kier alpha value is -1.90. The van der Waals surface area contributed by atoms with Gasteiger partial charge in [0.2, 0.25) is 10.6 Å². The number of hydroxylamine groups is 2. The number of nitrogens with zero attached hydrogens (tertiary/aromatic N) is 2. The van der Waals surface area contributed by atoms with Crippen LogP contribution in [0.5, 0.6) is 17.2 Å². The second-order valence-electron chi connectivity index (χ2n) is 8.97. The number of rotatable bonds is 3. The van der Waals surface area contributed by atoms with E-state index in [-0.39, 0.29) is 30.8 Å². The summed E-state index contributed by atoms with van der Waals surface area (Å²) in [5, 5.41) is 43.7. The van der Waals surface area contributed by atoms with Crippen LogP contribution in [0.1, 0.15) is 30.1 Å². The highest BCUT2D eigenvalue weighted by molar-refractivity contribution is 8.77. The number of hydrogen-bond donors (Lipinski definition) is 4. The quantitative estimate of drug-likeness (QED) is 0.409. The number of ether oxygens (including phenoxy) is 2. The monoisotopic (exact) mass is 514 g/mol. The lowest BCUT2D eigenvalue weighted by Gasteiger charge is -2.58. The molecule has 1 aromatic carbocycles. The van der Waals surface area contributed by atoms with Gasteiger partial charge in [0.1, 0.15) is 17.7 Å². The van der Waals surface area contributed by atoms with Crippen LogP contribution in [0.3, 0.4) is 0 Å². The third-order valence-corrected chi connectivity index (χ3v) is 10.5. The zero-order chi connectivity index (χ0) is 24.6. The molecule has 7 atom stereocenters. The fourth-order valence-electron chi connectivity index (χ4n) is 5.36. The van der Waals surface area contributed by atoms with E-state index >= 15 is 0 Å². The second kappa shape index (κ2) is 8.07. The molecular formula is C21H26N2O9S2. The Labute approximate surface area is 203 Å². The van der Waals surface area contributed by atoms with Crippen molar-refractivity contribution in [1.29, 1.82) is 0 Å². The molecule has 1 aromatic rings. The van der Waals surface area contributed by atoms with Crippen LogP contribution in [0.25, 0.3) is 0 Å². The number of phenols is 1. The van der Waals surface area contributed by atoms with Crippen LogP contribution < -0.4 is 9.47 Å². The van der Waals surface area contributed by atoms with E-state index in [0.29, 0.717) is 11.3 Å². The number of hydrogen-bond acceptors (Lipinski definition) is 11. The Morgan fingerprint density at radius 2 is 1.91 bits per heavy atom. The van der Waals surface area contributed by atoms with E-state index in [1.54, 1.807) is 12.1 Å². The van der Waals surface area contributed by atoms with Gasteiger partial charge in [-0.2, -0.15) is 5.06 Å². The van der Waals surface area contributed by atoms with Crippen LogP contribution in [-0.2, 0) is 14.4 Å². The molecule has 1 saturated carbocycles. The van der Waals surface area contributed by atoms with Crippen molar-refractivity contribution in [3.05, 3.63) is 17.7 Å². The zero-order valence-electron chi connectivity index (χ0n) is 18.7. The summed E-state index contributed by atoms with van der Waals surface area (Å²) in [6.45, 7) is 0. The Bertz CT molecular complexity index is 1040. The fourth-order valence-corrected chi connectivity index (χ4v) is 9.04. The topological polar surface area (TPSA) is 149 Å². The van der Waals surface area contributed by atoms with Crippen LogP contribution >= 0.6 is 21.6 Å². The molecule has 186 valence electrons. The van der Waals surface area contributed by atoms with Crippen LogP contribution in [-0.4, -0.2) is 98.3 Å². The van der Waals surface area contributed by atoms with Crippen molar-refractivity contribution < 1.29 is 44.3 Å². The summed E-state index contributed by atoms with van der Waals surface area (Å²) in [4.78, 5) is 32.9. The highest BCUT2D eigenvalue weighted by Gasteiger charge is 2.71. The molecule has 5 fully saturated rings. The molecule has 2 bridgehead atoms. The van der Waals surface area contributed by atoms with Gasteiger partial charge in [-0.05, 0) is 18.9 Å². The minimum Gasteiger partial charge on any atom is -0.504 e. The maximum atomic E-state index is 13.7. The number of benzene rings is 1. The molecule has 7 unspecified atom stereocenters. The number of carbonyl (C=O) groups excluding carboxylic acids is 2. The average molecular weight is 515 g/mol. The van der Waals surface area contributed by atoms with Crippen LogP contribution in [0.2, 0.25) is 0 Å². The largest absolute Gasteiger partial charge is 0.504 e. The first kappa shape index (κ1) is 23.8. The van der Waals surface area contributed by atoms with Gasteiger partial charge in [-0.3, -0.25) is 14.4 Å². The van der Waals surface area contributed by atoms with Crippen molar-refractivity contribution in [2.45, 2.75) is 59.3 Å². The van der Waals surface area contributed by atoms with Gasteiger partial charge in [0, 0.05) is 19.0 Å². The van der Waals surface area contributed by atoms with E-state index in [9.17, 15) is 30.0 Å². The first-order chi connectivity index (χ1) is 16.1. The molecule has 4 heterocycles. The van der Waals surface area contributed by atoms with E-state index in [4.69, 9.17) is 14.3 Å². The minimum absolute atomic E-state index is 0.101. The predicted octanol–water partition coefficient (Wildman–Crippen LogP) is 0.162. The number of methoxy groups -OCH3 is 2. The van der Waals surface area contributed by atoms with Crippen molar-refractivity contribution in [3.63, 3.8) is 0 Å². The number of phenolic OH excluding ortho intramolecular Hbond substituents is 1. The number of aliphatic hydroxyl groups is 3. The molecule has 11 nitrogen and oxygen atoms in total. The number of likely N-dealkylation sites (N-methyl/N-ethyl adjacent to an activating group) is 1.